The van der Waals surface area contributed by atoms with Crippen molar-refractivity contribution in [3.63, 3.8) is 0 Å². The lowest BCUT2D eigenvalue weighted by Gasteiger charge is -2.09. The topological polar surface area (TPSA) is 89.9 Å². The Morgan fingerprint density at radius 1 is 1.21 bits per heavy atom. The normalized spacial score (nSPS) is 10.6. The van der Waals surface area contributed by atoms with Crippen molar-refractivity contribution in [2.45, 2.75) is 6.42 Å². The summed E-state index contributed by atoms with van der Waals surface area (Å²) in [5.74, 6) is -0.0947. The fourth-order valence-electron chi connectivity index (χ4n) is 2.28. The maximum Gasteiger partial charge on any atom is 0.345 e. The van der Waals surface area contributed by atoms with E-state index < -0.39 is 5.97 Å². The summed E-state index contributed by atoms with van der Waals surface area (Å²) in [7, 11) is 1.47. The molecule has 0 atom stereocenters. The van der Waals surface area contributed by atoms with Gasteiger partial charge in [0, 0.05) is 17.3 Å². The zero-order chi connectivity index (χ0) is 19.8. The van der Waals surface area contributed by atoms with Crippen LogP contribution in [0, 0.1) is 0 Å². The van der Waals surface area contributed by atoms with Crippen LogP contribution >= 0.6 is 11.3 Å². The van der Waals surface area contributed by atoms with Crippen molar-refractivity contribution < 1.29 is 19.1 Å². The molecule has 0 aliphatic rings. The SMILES string of the molecule is COc1cc(/C=N/NC(=O)Cc2cccs2)ccc1OC(=O)c1cccnc1. The first-order valence-electron chi connectivity index (χ1n) is 8.30. The van der Waals surface area contributed by atoms with Gasteiger partial charge in [0.15, 0.2) is 11.5 Å². The van der Waals surface area contributed by atoms with E-state index in [1.165, 1.54) is 30.9 Å². The molecule has 2 aromatic heterocycles. The number of carbonyl (C=O) groups excluding carboxylic acids is 2. The molecule has 0 aliphatic heterocycles. The van der Waals surface area contributed by atoms with E-state index in [9.17, 15) is 9.59 Å². The fourth-order valence-corrected chi connectivity index (χ4v) is 2.98. The van der Waals surface area contributed by atoms with Crippen LogP contribution in [0.4, 0.5) is 0 Å². The number of nitrogens with one attached hydrogen (secondary N) is 1. The molecular weight excluding hydrogens is 378 g/mol. The molecule has 0 bridgehead atoms. The summed E-state index contributed by atoms with van der Waals surface area (Å²) in [6.45, 7) is 0. The number of rotatable bonds is 7. The predicted octanol–water partition coefficient (Wildman–Crippen LogP) is 3.06. The maximum atomic E-state index is 12.2. The first-order valence-corrected chi connectivity index (χ1v) is 9.18. The number of ether oxygens (including phenoxy) is 2. The third-order valence-electron chi connectivity index (χ3n) is 3.61. The number of pyridine rings is 1. The Morgan fingerprint density at radius 2 is 2.11 bits per heavy atom. The zero-order valence-electron chi connectivity index (χ0n) is 15.0. The van der Waals surface area contributed by atoms with E-state index in [0.29, 0.717) is 16.9 Å². The van der Waals surface area contributed by atoms with Gasteiger partial charge < -0.3 is 9.47 Å². The van der Waals surface area contributed by atoms with Crippen LogP contribution in [-0.4, -0.2) is 30.2 Å². The van der Waals surface area contributed by atoms with Crippen molar-refractivity contribution in [1.29, 1.82) is 0 Å². The number of thiophene rings is 1. The highest BCUT2D eigenvalue weighted by atomic mass is 32.1. The minimum absolute atomic E-state index is 0.201. The van der Waals surface area contributed by atoms with Crippen LogP contribution in [0.1, 0.15) is 20.8 Å². The molecular formula is C20H17N3O4S. The molecule has 0 radical (unpaired) electrons. The largest absolute Gasteiger partial charge is 0.493 e. The molecule has 2 heterocycles. The van der Waals surface area contributed by atoms with E-state index in [4.69, 9.17) is 9.47 Å². The third kappa shape index (κ3) is 5.24. The lowest BCUT2D eigenvalue weighted by Crippen LogP contribution is -2.19. The van der Waals surface area contributed by atoms with Gasteiger partial charge in [0.25, 0.3) is 0 Å². The van der Waals surface area contributed by atoms with E-state index in [1.54, 1.807) is 36.5 Å². The molecule has 28 heavy (non-hydrogen) atoms. The van der Waals surface area contributed by atoms with Crippen LogP contribution < -0.4 is 14.9 Å². The van der Waals surface area contributed by atoms with Gasteiger partial charge in [-0.05, 0) is 47.3 Å². The van der Waals surface area contributed by atoms with Crippen molar-refractivity contribution >= 4 is 29.4 Å². The third-order valence-corrected chi connectivity index (χ3v) is 4.48. The van der Waals surface area contributed by atoms with Crippen molar-refractivity contribution in [1.82, 2.24) is 10.4 Å². The van der Waals surface area contributed by atoms with Crippen LogP contribution in [0.2, 0.25) is 0 Å². The number of nitrogens with zero attached hydrogens (tertiary/aromatic N) is 2. The van der Waals surface area contributed by atoms with Crippen LogP contribution in [0.15, 0.2) is 65.3 Å². The van der Waals surface area contributed by atoms with Gasteiger partial charge >= 0.3 is 5.97 Å². The van der Waals surface area contributed by atoms with E-state index in [2.05, 4.69) is 15.5 Å². The van der Waals surface area contributed by atoms with Gasteiger partial charge in [-0.3, -0.25) is 9.78 Å². The van der Waals surface area contributed by atoms with Crippen molar-refractivity contribution in [3.8, 4) is 11.5 Å². The number of hydrazone groups is 1. The van der Waals surface area contributed by atoms with Gasteiger partial charge in [-0.1, -0.05) is 6.07 Å². The van der Waals surface area contributed by atoms with Crippen LogP contribution in [-0.2, 0) is 11.2 Å². The number of benzene rings is 1. The molecule has 0 saturated heterocycles. The Hall–Kier alpha value is -3.52. The molecule has 3 rings (SSSR count). The average Bonchev–Trinajstić information content (AvgIpc) is 3.22. The van der Waals surface area contributed by atoms with Gasteiger partial charge in [0.05, 0.1) is 25.3 Å². The minimum Gasteiger partial charge on any atom is -0.493 e. The Kier molecular flexibility index (Phi) is 6.48. The first-order chi connectivity index (χ1) is 13.7. The number of aromatic nitrogens is 1. The molecule has 1 amide bonds. The van der Waals surface area contributed by atoms with Gasteiger partial charge in [-0.2, -0.15) is 5.10 Å². The van der Waals surface area contributed by atoms with E-state index in [-0.39, 0.29) is 18.1 Å². The molecule has 8 heteroatoms. The number of methoxy groups -OCH3 is 1. The summed E-state index contributed by atoms with van der Waals surface area (Å²) in [6.07, 6.45) is 4.77. The molecule has 0 fully saturated rings. The van der Waals surface area contributed by atoms with E-state index in [0.717, 1.165) is 4.88 Å². The number of hydrogen-bond donors (Lipinski definition) is 1. The quantitative estimate of drug-likeness (QED) is 0.287. The summed E-state index contributed by atoms with van der Waals surface area (Å²) in [4.78, 5) is 28.8. The monoisotopic (exact) mass is 395 g/mol. The second kappa shape index (κ2) is 9.43. The highest BCUT2D eigenvalue weighted by Gasteiger charge is 2.12. The summed E-state index contributed by atoms with van der Waals surface area (Å²) in [5, 5.41) is 5.86. The van der Waals surface area contributed by atoms with Gasteiger partial charge in [0.1, 0.15) is 0 Å². The second-order valence-electron chi connectivity index (χ2n) is 5.59. The Balaban J connectivity index is 1.62. The lowest BCUT2D eigenvalue weighted by atomic mass is 10.2. The van der Waals surface area contributed by atoms with Crippen LogP contribution in [0.5, 0.6) is 11.5 Å². The molecule has 1 aromatic carbocycles. The smallest absolute Gasteiger partial charge is 0.345 e. The number of hydrogen-bond acceptors (Lipinski definition) is 7. The molecule has 0 aliphatic carbocycles. The van der Waals surface area contributed by atoms with Crippen molar-refractivity contribution in [2.24, 2.45) is 5.10 Å². The lowest BCUT2D eigenvalue weighted by molar-refractivity contribution is -0.120. The molecule has 142 valence electrons. The summed E-state index contributed by atoms with van der Waals surface area (Å²) in [5.41, 5.74) is 3.49. The number of carbonyl (C=O) groups is 2. The first kappa shape index (κ1) is 19.2. The summed E-state index contributed by atoms with van der Waals surface area (Å²) in [6, 6.07) is 12.0. The minimum atomic E-state index is -0.534. The molecule has 1 N–H and O–H groups in total. The number of amides is 1. The summed E-state index contributed by atoms with van der Waals surface area (Å²) >= 11 is 1.52. The Labute approximate surface area is 165 Å². The van der Waals surface area contributed by atoms with Gasteiger partial charge in [0.2, 0.25) is 5.91 Å². The Bertz CT molecular complexity index is 972. The molecule has 7 nitrogen and oxygen atoms in total. The maximum absolute atomic E-state index is 12.2. The van der Waals surface area contributed by atoms with Crippen LogP contribution in [0.3, 0.4) is 0 Å². The van der Waals surface area contributed by atoms with E-state index in [1.807, 2.05) is 17.5 Å². The number of esters is 1. The highest BCUT2D eigenvalue weighted by molar-refractivity contribution is 7.10. The molecule has 3 aromatic rings. The van der Waals surface area contributed by atoms with E-state index >= 15 is 0 Å². The van der Waals surface area contributed by atoms with Crippen molar-refractivity contribution in [2.75, 3.05) is 7.11 Å². The predicted molar refractivity (Wildman–Crippen MR) is 106 cm³/mol. The molecule has 0 unspecified atom stereocenters. The Morgan fingerprint density at radius 3 is 2.82 bits per heavy atom. The van der Waals surface area contributed by atoms with Crippen molar-refractivity contribution in [3.05, 3.63) is 76.2 Å². The highest BCUT2D eigenvalue weighted by Crippen LogP contribution is 2.28. The second-order valence-corrected chi connectivity index (χ2v) is 6.62. The van der Waals surface area contributed by atoms with Gasteiger partial charge in [-0.25, -0.2) is 10.2 Å². The average molecular weight is 395 g/mol. The standard InChI is InChI=1S/C20H17N3O4S/c1-26-18-10-14(12-22-23-19(24)11-16-5-3-9-28-16)6-7-17(18)27-20(25)15-4-2-8-21-13-15/h2-10,12-13H,11H2,1H3,(H,23,24)/b22-12+. The zero-order valence-corrected chi connectivity index (χ0v) is 15.8. The molecule has 0 saturated carbocycles. The van der Waals surface area contributed by atoms with Crippen LogP contribution in [0.25, 0.3) is 0 Å². The molecule has 0 spiro atoms. The van der Waals surface area contributed by atoms with Gasteiger partial charge in [-0.15, -0.1) is 11.3 Å². The summed E-state index contributed by atoms with van der Waals surface area (Å²) < 4.78 is 10.6. The fraction of sp³-hybridized carbons (Fsp3) is 0.100.